The third-order valence-corrected chi connectivity index (χ3v) is 8.91. The van der Waals surface area contributed by atoms with Crippen LogP contribution in [0.5, 0.6) is 5.75 Å². The van der Waals surface area contributed by atoms with E-state index >= 15 is 0 Å². The molecule has 0 saturated carbocycles. The van der Waals surface area contributed by atoms with Crippen LogP contribution >= 0.6 is 11.6 Å². The fraction of sp³-hybridized carbons (Fsp3) is 0.409. The van der Waals surface area contributed by atoms with E-state index in [4.69, 9.17) is 16.3 Å². The summed E-state index contributed by atoms with van der Waals surface area (Å²) in [7, 11) is -9.57. The van der Waals surface area contributed by atoms with E-state index in [1.807, 2.05) is 5.32 Å². The largest absolute Gasteiger partial charge is 0.485 e. The molecule has 0 saturated heterocycles. The molecular weight excluding hydrogens is 651 g/mol. The smallest absolute Gasteiger partial charge is 0.427 e. The minimum Gasteiger partial charge on any atom is -0.485 e. The van der Waals surface area contributed by atoms with E-state index in [1.165, 1.54) is 0 Å². The zero-order valence-electron chi connectivity index (χ0n) is 21.3. The lowest BCUT2D eigenvalue weighted by molar-refractivity contribution is -0.242. The Hall–Kier alpha value is -3.03. The molecule has 1 amide bonds. The second kappa shape index (κ2) is 11.6. The Morgan fingerprint density at radius 2 is 1.71 bits per heavy atom. The third kappa shape index (κ3) is 8.07. The van der Waals surface area contributed by atoms with Crippen LogP contribution in [0.4, 0.5) is 46.9 Å². The lowest BCUT2D eigenvalue weighted by atomic mass is 10.1. The van der Waals surface area contributed by atoms with E-state index in [9.17, 15) is 52.4 Å². The van der Waals surface area contributed by atoms with Gasteiger partial charge in [-0.2, -0.15) is 26.3 Å². The molecule has 0 bridgehead atoms. The lowest BCUT2D eigenvalue weighted by Crippen LogP contribution is -2.49. The molecule has 234 valence electrons. The maximum Gasteiger partial charge on any atom is 0.427 e. The number of benzene rings is 2. The van der Waals surface area contributed by atoms with Gasteiger partial charge < -0.3 is 9.47 Å². The topological polar surface area (TPSA) is 131 Å². The van der Waals surface area contributed by atoms with Gasteiger partial charge >= 0.3 is 18.4 Å². The number of hydrogen-bond acceptors (Lipinski definition) is 7. The summed E-state index contributed by atoms with van der Waals surface area (Å²) in [6.45, 7) is -0.336. The molecule has 2 aromatic rings. The number of anilines is 2. The number of fused-ring (bicyclic) bond motifs is 1. The van der Waals surface area contributed by atoms with Crippen molar-refractivity contribution < 1.29 is 61.8 Å². The summed E-state index contributed by atoms with van der Waals surface area (Å²) < 4.78 is 154. The van der Waals surface area contributed by atoms with Crippen LogP contribution in [0.25, 0.3) is 0 Å². The second-order valence-electron chi connectivity index (χ2n) is 9.28. The maximum atomic E-state index is 13.7. The summed E-state index contributed by atoms with van der Waals surface area (Å²) in [4.78, 5) is 11.6. The average molecular weight is 672 g/mol. The number of halogens is 8. The molecular formula is C22H21ClF7N3O7S2. The third-order valence-electron chi connectivity index (χ3n) is 5.53. The highest BCUT2D eigenvalue weighted by Crippen LogP contribution is 2.40. The molecule has 0 radical (unpaired) electrons. The Bertz CT molecular complexity index is 1570. The van der Waals surface area contributed by atoms with Crippen molar-refractivity contribution in [1.29, 1.82) is 0 Å². The van der Waals surface area contributed by atoms with Crippen molar-refractivity contribution in [2.75, 3.05) is 28.5 Å². The molecule has 20 heteroatoms. The fourth-order valence-electron chi connectivity index (χ4n) is 3.41. The van der Waals surface area contributed by atoms with Gasteiger partial charge in [0, 0.05) is 12.2 Å². The molecule has 0 fully saturated rings. The van der Waals surface area contributed by atoms with Gasteiger partial charge in [0.25, 0.3) is 10.0 Å². The zero-order valence-corrected chi connectivity index (χ0v) is 23.7. The molecule has 1 aliphatic rings. The van der Waals surface area contributed by atoms with Gasteiger partial charge in [0.15, 0.2) is 5.75 Å². The van der Waals surface area contributed by atoms with Gasteiger partial charge in [0.05, 0.1) is 22.2 Å². The first-order valence-electron chi connectivity index (χ1n) is 11.4. The van der Waals surface area contributed by atoms with Crippen molar-refractivity contribution in [3.63, 3.8) is 0 Å². The molecule has 10 nitrogen and oxygen atoms in total. The number of carbonyl (C=O) groups excluding carboxylic acids is 1. The number of sulfonamides is 2. The van der Waals surface area contributed by atoms with E-state index in [2.05, 4.69) is 4.74 Å². The highest BCUT2D eigenvalue weighted by Gasteiger charge is 2.51. The Morgan fingerprint density at radius 1 is 1.07 bits per heavy atom. The Kier molecular flexibility index (Phi) is 9.22. The predicted molar refractivity (Wildman–Crippen MR) is 135 cm³/mol. The molecule has 0 aliphatic carbocycles. The van der Waals surface area contributed by atoms with Crippen LogP contribution in [-0.4, -0.2) is 65.8 Å². The van der Waals surface area contributed by atoms with Crippen molar-refractivity contribution in [3.8, 4) is 5.75 Å². The standard InChI is InChI=1S/C22H21ClF7N3O7S2/c1-20(2,22(28,29)30)40-19(34)32-12-3-6-18-17(7-12)33(42(37,38)14-4-5-16(24)15(23)8-14)10-13(39-18)9-31-41(35,36)11-21(25,26)27/h3-8,13,31H,9-11H2,1-2H3,(H,32,34)/t13-/m0/s1. The molecule has 0 spiro atoms. The second-order valence-corrected chi connectivity index (χ2v) is 13.4. The summed E-state index contributed by atoms with van der Waals surface area (Å²) in [5.41, 5.74) is -3.47. The van der Waals surface area contributed by atoms with E-state index in [1.54, 1.807) is 4.72 Å². The normalized spacial score (nSPS) is 16.4. The lowest BCUT2D eigenvalue weighted by Gasteiger charge is -2.36. The number of ether oxygens (including phenoxy) is 2. The summed E-state index contributed by atoms with van der Waals surface area (Å²) >= 11 is 5.71. The minimum atomic E-state index is -5.07. The van der Waals surface area contributed by atoms with Crippen LogP contribution in [-0.2, 0) is 24.8 Å². The number of alkyl halides is 6. The van der Waals surface area contributed by atoms with Gasteiger partial charge in [0.1, 0.15) is 17.7 Å². The highest BCUT2D eigenvalue weighted by molar-refractivity contribution is 7.92. The number of nitrogens with zero attached hydrogens (tertiary/aromatic N) is 1. The molecule has 0 unspecified atom stereocenters. The van der Waals surface area contributed by atoms with Gasteiger partial charge in [-0.15, -0.1) is 0 Å². The number of nitrogens with one attached hydrogen (secondary N) is 2. The van der Waals surface area contributed by atoms with E-state index in [-0.39, 0.29) is 17.1 Å². The zero-order chi connectivity index (χ0) is 31.9. The quantitative estimate of drug-likeness (QED) is 0.386. The molecule has 2 aromatic carbocycles. The monoisotopic (exact) mass is 671 g/mol. The Balaban J connectivity index is 1.97. The van der Waals surface area contributed by atoms with Crippen molar-refractivity contribution in [1.82, 2.24) is 4.72 Å². The van der Waals surface area contributed by atoms with Crippen molar-refractivity contribution in [2.24, 2.45) is 0 Å². The van der Waals surface area contributed by atoms with E-state index < -0.39 is 84.8 Å². The average Bonchev–Trinajstić information content (AvgIpc) is 2.81. The summed E-state index contributed by atoms with van der Waals surface area (Å²) in [6.07, 6.45) is -12.9. The van der Waals surface area contributed by atoms with Gasteiger partial charge in [0.2, 0.25) is 15.6 Å². The Morgan fingerprint density at radius 3 is 2.29 bits per heavy atom. The number of amides is 1. The highest BCUT2D eigenvalue weighted by atomic mass is 35.5. The fourth-order valence-corrected chi connectivity index (χ4v) is 6.15. The predicted octanol–water partition coefficient (Wildman–Crippen LogP) is 4.81. The SMILES string of the molecule is CC(C)(OC(=O)Nc1ccc2c(c1)N(S(=O)(=O)c1ccc(F)c(Cl)c1)C[C@H](CNS(=O)(=O)CC(F)(F)F)O2)C(F)(F)F. The number of rotatable bonds is 8. The molecule has 1 aliphatic heterocycles. The molecule has 1 atom stereocenters. The van der Waals surface area contributed by atoms with Gasteiger partial charge in [-0.05, 0) is 50.2 Å². The first-order valence-corrected chi connectivity index (χ1v) is 14.9. The first kappa shape index (κ1) is 33.5. The molecule has 0 aromatic heterocycles. The van der Waals surface area contributed by atoms with E-state index in [0.29, 0.717) is 18.2 Å². The minimum absolute atomic E-state index is 0.262. The van der Waals surface area contributed by atoms with Crippen molar-refractivity contribution >= 4 is 49.1 Å². The van der Waals surface area contributed by atoms with Gasteiger partial charge in [-0.1, -0.05) is 11.6 Å². The summed E-state index contributed by atoms with van der Waals surface area (Å²) in [6, 6.07) is 5.49. The van der Waals surface area contributed by atoms with Crippen LogP contribution in [0.15, 0.2) is 41.3 Å². The maximum absolute atomic E-state index is 13.7. The summed E-state index contributed by atoms with van der Waals surface area (Å²) in [5.74, 6) is -3.44. The number of carbonyl (C=O) groups is 1. The molecule has 2 N–H and O–H groups in total. The van der Waals surface area contributed by atoms with Crippen molar-refractivity contribution in [2.45, 2.75) is 42.8 Å². The molecule has 3 rings (SSSR count). The van der Waals surface area contributed by atoms with Crippen molar-refractivity contribution in [3.05, 3.63) is 47.2 Å². The van der Waals surface area contributed by atoms with Crippen LogP contribution in [0.3, 0.4) is 0 Å². The Labute approximate surface area is 239 Å². The van der Waals surface area contributed by atoms with Gasteiger partial charge in [-0.3, -0.25) is 9.62 Å². The molecule has 1 heterocycles. The summed E-state index contributed by atoms with van der Waals surface area (Å²) in [5, 5.41) is 1.44. The van der Waals surface area contributed by atoms with Crippen LogP contribution < -0.4 is 19.1 Å². The van der Waals surface area contributed by atoms with Gasteiger partial charge in [-0.25, -0.2) is 30.7 Å². The van der Waals surface area contributed by atoms with Crippen LogP contribution in [0.2, 0.25) is 5.02 Å². The first-order chi connectivity index (χ1) is 19.0. The number of hydrogen-bond donors (Lipinski definition) is 2. The van der Waals surface area contributed by atoms with Crippen LogP contribution in [0, 0.1) is 5.82 Å². The van der Waals surface area contributed by atoms with E-state index in [0.717, 1.165) is 36.4 Å². The molecule has 42 heavy (non-hydrogen) atoms. The van der Waals surface area contributed by atoms with Crippen LogP contribution in [0.1, 0.15) is 13.8 Å².